The lowest BCUT2D eigenvalue weighted by Crippen LogP contribution is -2.57. The molecule has 0 spiro atoms. The highest BCUT2D eigenvalue weighted by molar-refractivity contribution is 14.1. The first-order valence-corrected chi connectivity index (χ1v) is 6.02. The van der Waals surface area contributed by atoms with Gasteiger partial charge in [0.05, 0.1) is 0 Å². The molecule has 0 bridgehead atoms. The zero-order chi connectivity index (χ0) is 11.7. The monoisotopic (exact) mass is 330 g/mol. The van der Waals surface area contributed by atoms with Gasteiger partial charge in [-0.2, -0.15) is 0 Å². The third-order valence-electron chi connectivity index (χ3n) is 2.44. The van der Waals surface area contributed by atoms with Crippen molar-refractivity contribution in [3.05, 3.63) is 27.8 Å². The third kappa shape index (κ3) is 2.18. The van der Waals surface area contributed by atoms with Crippen LogP contribution in [0.1, 0.15) is 6.92 Å². The average molecular weight is 330 g/mol. The van der Waals surface area contributed by atoms with E-state index in [0.29, 0.717) is 0 Å². The number of carbonyl (C=O) groups excluding carboxylic acids is 2. The lowest BCUT2D eigenvalue weighted by Gasteiger charge is -2.30. The van der Waals surface area contributed by atoms with Gasteiger partial charge in [-0.3, -0.25) is 9.59 Å². The number of hydrogen-bond acceptors (Lipinski definition) is 2. The fourth-order valence-electron chi connectivity index (χ4n) is 1.67. The Morgan fingerprint density at radius 2 is 2.19 bits per heavy atom. The molecule has 0 aliphatic carbocycles. The molecule has 1 aliphatic heterocycles. The molecule has 4 nitrogen and oxygen atoms in total. The van der Waals surface area contributed by atoms with Gasteiger partial charge >= 0.3 is 0 Å². The molecule has 1 saturated heterocycles. The van der Waals surface area contributed by atoms with Crippen LogP contribution in [-0.4, -0.2) is 24.4 Å². The van der Waals surface area contributed by atoms with Gasteiger partial charge in [-0.25, -0.2) is 0 Å². The van der Waals surface area contributed by atoms with Crippen LogP contribution in [0.5, 0.6) is 0 Å². The van der Waals surface area contributed by atoms with Crippen LogP contribution in [-0.2, 0) is 9.59 Å². The Labute approximate surface area is 107 Å². The molecule has 1 N–H and O–H groups in total. The first kappa shape index (κ1) is 11.4. The zero-order valence-electron chi connectivity index (χ0n) is 8.74. The summed E-state index contributed by atoms with van der Waals surface area (Å²) >= 11 is 2.18. The molecule has 2 rings (SSSR count). The number of halogens is 1. The molecule has 1 unspecified atom stereocenters. The largest absolute Gasteiger partial charge is 0.343 e. The van der Waals surface area contributed by atoms with Gasteiger partial charge in [0.1, 0.15) is 12.6 Å². The number of amides is 2. The van der Waals surface area contributed by atoms with E-state index >= 15 is 0 Å². The van der Waals surface area contributed by atoms with Crippen LogP contribution in [0.2, 0.25) is 0 Å². The van der Waals surface area contributed by atoms with E-state index in [4.69, 9.17) is 0 Å². The number of carbonyl (C=O) groups is 2. The van der Waals surface area contributed by atoms with Gasteiger partial charge < -0.3 is 10.2 Å². The molecule has 1 aromatic carbocycles. The topological polar surface area (TPSA) is 49.4 Å². The fourth-order valence-corrected chi connectivity index (χ4v) is 2.19. The molecular formula is C11H11IN2O2. The Balaban J connectivity index is 2.32. The molecule has 0 aromatic heterocycles. The van der Waals surface area contributed by atoms with Crippen molar-refractivity contribution in [3.63, 3.8) is 0 Å². The van der Waals surface area contributed by atoms with Crippen LogP contribution in [0, 0.1) is 3.57 Å². The lowest BCUT2D eigenvalue weighted by molar-refractivity contribution is -0.130. The predicted molar refractivity (Wildman–Crippen MR) is 69.1 cm³/mol. The zero-order valence-corrected chi connectivity index (χ0v) is 10.9. The summed E-state index contributed by atoms with van der Waals surface area (Å²) in [5.41, 5.74) is 0.776. The maximum atomic E-state index is 11.9. The smallest absolute Gasteiger partial charge is 0.249 e. The van der Waals surface area contributed by atoms with E-state index in [1.165, 1.54) is 4.90 Å². The van der Waals surface area contributed by atoms with Crippen LogP contribution in [0.4, 0.5) is 5.69 Å². The summed E-state index contributed by atoms with van der Waals surface area (Å²) in [5, 5.41) is 2.61. The summed E-state index contributed by atoms with van der Waals surface area (Å²) in [6, 6.07) is 7.11. The van der Waals surface area contributed by atoms with E-state index < -0.39 is 6.04 Å². The summed E-state index contributed by atoms with van der Waals surface area (Å²) in [5.74, 6) is -0.187. The Morgan fingerprint density at radius 3 is 2.88 bits per heavy atom. The normalized spacial score (nSPS) is 20.9. The van der Waals surface area contributed by atoms with Gasteiger partial charge in [-0.15, -0.1) is 0 Å². The highest BCUT2D eigenvalue weighted by atomic mass is 127. The van der Waals surface area contributed by atoms with Crippen molar-refractivity contribution in [3.8, 4) is 0 Å². The highest BCUT2D eigenvalue weighted by Crippen LogP contribution is 2.19. The molecule has 16 heavy (non-hydrogen) atoms. The number of piperazine rings is 1. The van der Waals surface area contributed by atoms with E-state index in [2.05, 4.69) is 27.9 Å². The van der Waals surface area contributed by atoms with E-state index in [1.807, 2.05) is 24.3 Å². The average Bonchev–Trinajstić information content (AvgIpc) is 2.23. The first-order valence-electron chi connectivity index (χ1n) is 4.94. The molecule has 1 aliphatic rings. The van der Waals surface area contributed by atoms with Gasteiger partial charge in [0.15, 0.2) is 0 Å². The van der Waals surface area contributed by atoms with Crippen molar-refractivity contribution in [1.29, 1.82) is 0 Å². The van der Waals surface area contributed by atoms with E-state index in [1.54, 1.807) is 6.92 Å². The van der Waals surface area contributed by atoms with Gasteiger partial charge in [-0.1, -0.05) is 6.07 Å². The molecule has 1 atom stereocenters. The maximum Gasteiger partial charge on any atom is 0.249 e. The molecule has 1 aromatic rings. The van der Waals surface area contributed by atoms with Crippen molar-refractivity contribution >= 4 is 40.1 Å². The van der Waals surface area contributed by atoms with Crippen LogP contribution in [0.25, 0.3) is 0 Å². The number of rotatable bonds is 1. The Hall–Kier alpha value is -1.11. The summed E-state index contributed by atoms with van der Waals surface area (Å²) in [6.07, 6.45) is 0. The number of hydrogen-bond donors (Lipinski definition) is 1. The fraction of sp³-hybridized carbons (Fsp3) is 0.273. The minimum absolute atomic E-state index is 0.0680. The number of anilines is 1. The minimum atomic E-state index is -0.445. The van der Waals surface area contributed by atoms with Crippen molar-refractivity contribution < 1.29 is 9.59 Å². The van der Waals surface area contributed by atoms with Gasteiger partial charge in [0, 0.05) is 9.26 Å². The van der Waals surface area contributed by atoms with Crippen molar-refractivity contribution in [1.82, 2.24) is 5.32 Å². The SMILES string of the molecule is CC1NC(=O)CN(c2cccc(I)c2)C1=O. The molecule has 84 valence electrons. The summed E-state index contributed by atoms with van der Waals surface area (Å²) in [7, 11) is 0. The summed E-state index contributed by atoms with van der Waals surface area (Å²) in [6.45, 7) is 1.80. The number of nitrogens with one attached hydrogen (secondary N) is 1. The maximum absolute atomic E-state index is 11.9. The van der Waals surface area contributed by atoms with Crippen LogP contribution in [0.3, 0.4) is 0 Å². The second-order valence-electron chi connectivity index (χ2n) is 3.69. The molecule has 0 saturated carbocycles. The van der Waals surface area contributed by atoms with Crippen molar-refractivity contribution in [2.24, 2.45) is 0 Å². The number of nitrogens with zero attached hydrogens (tertiary/aromatic N) is 1. The molecule has 2 amide bonds. The summed E-state index contributed by atoms with van der Waals surface area (Å²) in [4.78, 5) is 24.8. The lowest BCUT2D eigenvalue weighted by atomic mass is 10.2. The van der Waals surface area contributed by atoms with E-state index in [-0.39, 0.29) is 18.4 Å². The standard InChI is InChI=1S/C11H11IN2O2/c1-7-11(16)14(6-10(15)13-7)9-4-2-3-8(12)5-9/h2-5,7H,6H2,1H3,(H,13,15). The molecular weight excluding hydrogens is 319 g/mol. The predicted octanol–water partition coefficient (Wildman–Crippen LogP) is 1.14. The van der Waals surface area contributed by atoms with Gasteiger partial charge in [-0.05, 0) is 47.7 Å². The van der Waals surface area contributed by atoms with Crippen molar-refractivity contribution in [2.45, 2.75) is 13.0 Å². The van der Waals surface area contributed by atoms with E-state index in [0.717, 1.165) is 9.26 Å². The third-order valence-corrected chi connectivity index (χ3v) is 3.11. The quantitative estimate of drug-likeness (QED) is 0.785. The first-order chi connectivity index (χ1) is 7.58. The molecule has 1 fully saturated rings. The Bertz CT molecular complexity index is 447. The second kappa shape index (κ2) is 4.40. The van der Waals surface area contributed by atoms with E-state index in [9.17, 15) is 9.59 Å². The van der Waals surface area contributed by atoms with Gasteiger partial charge in [0.2, 0.25) is 11.8 Å². The van der Waals surface area contributed by atoms with Crippen LogP contribution >= 0.6 is 22.6 Å². The summed E-state index contributed by atoms with van der Waals surface area (Å²) < 4.78 is 1.04. The Morgan fingerprint density at radius 1 is 1.44 bits per heavy atom. The highest BCUT2D eigenvalue weighted by Gasteiger charge is 2.30. The second-order valence-corrected chi connectivity index (χ2v) is 4.94. The van der Waals surface area contributed by atoms with Gasteiger partial charge in [0.25, 0.3) is 0 Å². The minimum Gasteiger partial charge on any atom is -0.343 e. The van der Waals surface area contributed by atoms with Crippen molar-refractivity contribution in [2.75, 3.05) is 11.4 Å². The molecule has 5 heteroatoms. The molecule has 0 radical (unpaired) electrons. The van der Waals surface area contributed by atoms with Crippen LogP contribution < -0.4 is 10.2 Å². The number of benzene rings is 1. The Kier molecular flexibility index (Phi) is 3.13. The van der Waals surface area contributed by atoms with Crippen LogP contribution in [0.15, 0.2) is 24.3 Å². The molecule has 1 heterocycles.